The minimum atomic E-state index is 0.471. The van der Waals surface area contributed by atoms with Crippen LogP contribution in [0.3, 0.4) is 0 Å². The lowest BCUT2D eigenvalue weighted by Gasteiger charge is -2.33. The Morgan fingerprint density at radius 1 is 1.50 bits per heavy atom. The summed E-state index contributed by atoms with van der Waals surface area (Å²) >= 11 is 1.78. The molecule has 0 amide bonds. The van der Waals surface area contributed by atoms with E-state index in [1.165, 1.54) is 0 Å². The van der Waals surface area contributed by atoms with Crippen LogP contribution in [0.4, 0.5) is 5.95 Å². The Labute approximate surface area is 101 Å². The number of hydrogen-bond acceptors (Lipinski definition) is 5. The van der Waals surface area contributed by atoms with Crippen LogP contribution in [0.5, 0.6) is 0 Å². The number of rotatable bonds is 3. The van der Waals surface area contributed by atoms with Crippen LogP contribution in [0.15, 0.2) is 17.3 Å². The van der Waals surface area contributed by atoms with Crippen molar-refractivity contribution in [2.45, 2.75) is 24.8 Å². The molecule has 5 heteroatoms. The molecule has 0 saturated carbocycles. The van der Waals surface area contributed by atoms with E-state index < -0.39 is 0 Å². The Bertz CT molecular complexity index is 327. The van der Waals surface area contributed by atoms with Gasteiger partial charge < -0.3 is 10.2 Å². The summed E-state index contributed by atoms with van der Waals surface area (Å²) < 4.78 is 0. The lowest BCUT2D eigenvalue weighted by molar-refractivity contribution is 0.492. The second-order valence-corrected chi connectivity index (χ2v) is 5.24. The zero-order valence-electron chi connectivity index (χ0n) is 9.81. The number of nitrogens with zero attached hydrogens (tertiary/aromatic N) is 3. The van der Waals surface area contributed by atoms with Crippen LogP contribution in [0, 0.1) is 0 Å². The molecule has 0 aliphatic carbocycles. The summed E-state index contributed by atoms with van der Waals surface area (Å²) in [6.45, 7) is 7.34. The molecule has 0 spiro atoms. The van der Waals surface area contributed by atoms with E-state index >= 15 is 0 Å². The van der Waals surface area contributed by atoms with Gasteiger partial charge >= 0.3 is 0 Å². The van der Waals surface area contributed by atoms with Crippen molar-refractivity contribution in [3.05, 3.63) is 12.4 Å². The van der Waals surface area contributed by atoms with E-state index in [0.717, 1.165) is 36.2 Å². The van der Waals surface area contributed by atoms with Gasteiger partial charge in [-0.05, 0) is 12.7 Å². The molecule has 2 heterocycles. The van der Waals surface area contributed by atoms with Crippen LogP contribution >= 0.6 is 11.8 Å². The van der Waals surface area contributed by atoms with Crippen LogP contribution in [0.2, 0.25) is 0 Å². The van der Waals surface area contributed by atoms with E-state index in [4.69, 9.17) is 0 Å². The fourth-order valence-corrected chi connectivity index (χ4v) is 2.42. The average molecular weight is 238 g/mol. The summed E-state index contributed by atoms with van der Waals surface area (Å²) in [4.78, 5) is 12.3. The maximum Gasteiger partial charge on any atom is 0.225 e. The van der Waals surface area contributed by atoms with Gasteiger partial charge in [-0.3, -0.25) is 0 Å². The van der Waals surface area contributed by atoms with Crippen molar-refractivity contribution in [2.24, 2.45) is 0 Å². The first-order chi connectivity index (χ1) is 7.81. The fraction of sp³-hybridized carbons (Fsp3) is 0.636. The topological polar surface area (TPSA) is 41.1 Å². The normalized spacial score (nSPS) is 21.1. The summed E-state index contributed by atoms with van der Waals surface area (Å²) in [5.41, 5.74) is 0. The Balaban J connectivity index is 2.08. The molecule has 1 aromatic rings. The van der Waals surface area contributed by atoms with Crippen LogP contribution in [0.25, 0.3) is 0 Å². The third-order valence-electron chi connectivity index (χ3n) is 2.68. The van der Waals surface area contributed by atoms with Crippen molar-refractivity contribution in [3.8, 4) is 0 Å². The van der Waals surface area contributed by atoms with Crippen molar-refractivity contribution in [2.75, 3.05) is 30.3 Å². The summed E-state index contributed by atoms with van der Waals surface area (Å²) in [7, 11) is 0. The molecule has 1 N–H and O–H groups in total. The Morgan fingerprint density at radius 3 is 2.88 bits per heavy atom. The minimum absolute atomic E-state index is 0.471. The van der Waals surface area contributed by atoms with Crippen molar-refractivity contribution in [1.82, 2.24) is 15.3 Å². The monoisotopic (exact) mass is 238 g/mol. The van der Waals surface area contributed by atoms with Gasteiger partial charge in [-0.15, -0.1) is 11.8 Å². The minimum Gasteiger partial charge on any atom is -0.336 e. The molecule has 1 aliphatic rings. The largest absolute Gasteiger partial charge is 0.336 e. The van der Waals surface area contributed by atoms with Crippen molar-refractivity contribution >= 4 is 17.7 Å². The summed E-state index contributed by atoms with van der Waals surface area (Å²) in [6, 6.07) is 0.471. The van der Waals surface area contributed by atoms with Gasteiger partial charge in [0.2, 0.25) is 5.95 Å². The SMILES string of the molecule is CCSc1cnc(N2CCNCC2C)nc1. The van der Waals surface area contributed by atoms with Gasteiger partial charge in [0, 0.05) is 43.0 Å². The Hall–Kier alpha value is -0.810. The molecule has 1 fully saturated rings. The smallest absolute Gasteiger partial charge is 0.225 e. The lowest BCUT2D eigenvalue weighted by atomic mass is 10.2. The van der Waals surface area contributed by atoms with Gasteiger partial charge in [-0.2, -0.15) is 0 Å². The molecular weight excluding hydrogens is 220 g/mol. The van der Waals surface area contributed by atoms with E-state index in [2.05, 4.69) is 34.0 Å². The van der Waals surface area contributed by atoms with Crippen molar-refractivity contribution in [3.63, 3.8) is 0 Å². The molecule has 1 aliphatic heterocycles. The molecule has 1 aromatic heterocycles. The van der Waals surface area contributed by atoms with Crippen LogP contribution < -0.4 is 10.2 Å². The zero-order chi connectivity index (χ0) is 11.4. The second kappa shape index (κ2) is 5.50. The van der Waals surface area contributed by atoms with Gasteiger partial charge in [0.25, 0.3) is 0 Å². The van der Waals surface area contributed by atoms with E-state index in [1.807, 2.05) is 12.4 Å². The van der Waals surface area contributed by atoms with Gasteiger partial charge in [-0.25, -0.2) is 9.97 Å². The molecule has 16 heavy (non-hydrogen) atoms. The summed E-state index contributed by atoms with van der Waals surface area (Å²) in [5, 5.41) is 3.36. The van der Waals surface area contributed by atoms with Gasteiger partial charge in [-0.1, -0.05) is 6.92 Å². The second-order valence-electron chi connectivity index (χ2n) is 3.90. The molecular formula is C11H18N4S. The van der Waals surface area contributed by atoms with E-state index in [-0.39, 0.29) is 0 Å². The van der Waals surface area contributed by atoms with E-state index in [0.29, 0.717) is 6.04 Å². The highest BCUT2D eigenvalue weighted by Gasteiger charge is 2.19. The number of piperazine rings is 1. The third kappa shape index (κ3) is 2.65. The maximum absolute atomic E-state index is 4.44. The number of nitrogens with one attached hydrogen (secondary N) is 1. The highest BCUT2D eigenvalue weighted by atomic mass is 32.2. The molecule has 4 nitrogen and oxygen atoms in total. The number of thioether (sulfide) groups is 1. The molecule has 0 aromatic carbocycles. The standard InChI is InChI=1S/C11H18N4S/c1-3-16-10-7-13-11(14-8-10)15-5-4-12-6-9(15)2/h7-9,12H,3-6H2,1-2H3. The Morgan fingerprint density at radius 2 is 2.25 bits per heavy atom. The highest BCUT2D eigenvalue weighted by molar-refractivity contribution is 7.99. The first-order valence-electron chi connectivity index (χ1n) is 5.73. The van der Waals surface area contributed by atoms with Crippen molar-refractivity contribution in [1.29, 1.82) is 0 Å². The van der Waals surface area contributed by atoms with Crippen LogP contribution in [-0.4, -0.2) is 41.4 Å². The van der Waals surface area contributed by atoms with Crippen molar-refractivity contribution < 1.29 is 0 Å². The van der Waals surface area contributed by atoms with Gasteiger partial charge in [0.15, 0.2) is 0 Å². The number of aromatic nitrogens is 2. The van der Waals surface area contributed by atoms with Gasteiger partial charge in [0.1, 0.15) is 0 Å². The summed E-state index contributed by atoms with van der Waals surface area (Å²) in [6.07, 6.45) is 3.84. The molecule has 1 atom stereocenters. The number of hydrogen-bond donors (Lipinski definition) is 1. The average Bonchev–Trinajstić information content (AvgIpc) is 2.31. The third-order valence-corrected chi connectivity index (χ3v) is 3.52. The Kier molecular flexibility index (Phi) is 4.01. The predicted molar refractivity (Wildman–Crippen MR) is 68.1 cm³/mol. The molecule has 1 saturated heterocycles. The summed E-state index contributed by atoms with van der Waals surface area (Å²) in [5.74, 6) is 1.92. The molecule has 0 bridgehead atoms. The van der Waals surface area contributed by atoms with E-state index in [1.54, 1.807) is 11.8 Å². The van der Waals surface area contributed by atoms with Gasteiger partial charge in [0.05, 0.1) is 0 Å². The fourth-order valence-electron chi connectivity index (χ4n) is 1.84. The zero-order valence-corrected chi connectivity index (χ0v) is 10.6. The number of anilines is 1. The maximum atomic E-state index is 4.44. The molecule has 0 radical (unpaired) electrons. The molecule has 2 rings (SSSR count). The van der Waals surface area contributed by atoms with Crippen LogP contribution in [0.1, 0.15) is 13.8 Å². The quantitative estimate of drug-likeness (QED) is 0.806. The molecule has 88 valence electrons. The predicted octanol–water partition coefficient (Wildman–Crippen LogP) is 1.39. The van der Waals surface area contributed by atoms with Crippen LogP contribution in [-0.2, 0) is 0 Å². The van der Waals surface area contributed by atoms with E-state index in [9.17, 15) is 0 Å². The first kappa shape index (κ1) is 11.7. The first-order valence-corrected chi connectivity index (χ1v) is 6.72. The molecule has 1 unspecified atom stereocenters. The lowest BCUT2D eigenvalue weighted by Crippen LogP contribution is -2.50. The highest BCUT2D eigenvalue weighted by Crippen LogP contribution is 2.18.